The Morgan fingerprint density at radius 1 is 1.29 bits per heavy atom. The van der Waals surface area contributed by atoms with E-state index in [0.29, 0.717) is 19.1 Å². The second-order valence-corrected chi connectivity index (χ2v) is 8.93. The number of likely N-dealkylation sites (tertiary alicyclic amines) is 1. The molecule has 0 saturated carbocycles. The normalized spacial score (nSPS) is 18.7. The minimum Gasteiger partial charge on any atom is -0.481 e. The Kier molecular flexibility index (Phi) is 9.64. The van der Waals surface area contributed by atoms with Crippen molar-refractivity contribution >= 4 is 35.7 Å². The summed E-state index contributed by atoms with van der Waals surface area (Å²) < 4.78 is 39.5. The van der Waals surface area contributed by atoms with E-state index in [-0.39, 0.29) is 6.54 Å². The van der Waals surface area contributed by atoms with Gasteiger partial charge in [-0.25, -0.2) is 0 Å². The Balaban J connectivity index is 2.21. The number of carbonyl (C=O) groups excluding carboxylic acids is 3. The molecule has 2 amide bonds. The third-order valence-corrected chi connectivity index (χ3v) is 6.07. The second kappa shape index (κ2) is 11.8. The molecule has 1 fully saturated rings. The average Bonchev–Trinajstić information content (AvgIpc) is 3.25. The smallest absolute Gasteiger partial charge is 0.417 e. The molecule has 1 aliphatic rings. The van der Waals surface area contributed by atoms with Gasteiger partial charge in [-0.2, -0.15) is 13.2 Å². The van der Waals surface area contributed by atoms with E-state index in [4.69, 9.17) is 16.7 Å². The number of nitrogens with zero attached hydrogens (tertiary/aromatic N) is 1. The molecule has 0 aliphatic carbocycles. The third-order valence-electron chi connectivity index (χ3n) is 5.66. The Labute approximate surface area is 204 Å². The number of aliphatic carboxylic acids is 1. The van der Waals surface area contributed by atoms with Gasteiger partial charge in [-0.3, -0.25) is 19.7 Å². The Morgan fingerprint density at radius 2 is 1.94 bits per heavy atom. The fourth-order valence-corrected chi connectivity index (χ4v) is 4.22. The first kappa shape index (κ1) is 28.5. The largest absolute Gasteiger partial charge is 0.481 e. The number of halogens is 4. The van der Waals surface area contributed by atoms with E-state index in [1.165, 1.54) is 4.90 Å². The van der Waals surface area contributed by atoms with Gasteiger partial charge in [-0.15, -0.1) is 0 Å². The highest BCUT2D eigenvalue weighted by atomic mass is 35.5. The fourth-order valence-electron chi connectivity index (χ4n) is 3.90. The highest BCUT2D eigenvalue weighted by Crippen LogP contribution is 2.36. The van der Waals surface area contributed by atoms with Crippen LogP contribution in [0.25, 0.3) is 0 Å². The van der Waals surface area contributed by atoms with Crippen LogP contribution in [-0.4, -0.2) is 70.1 Å². The summed E-state index contributed by atoms with van der Waals surface area (Å²) in [5.74, 6) is -3.28. The molecule has 1 aliphatic heterocycles. The summed E-state index contributed by atoms with van der Waals surface area (Å²) in [5.41, 5.74) is -1.62. The van der Waals surface area contributed by atoms with E-state index >= 15 is 0 Å². The van der Waals surface area contributed by atoms with Crippen molar-refractivity contribution in [3.63, 3.8) is 0 Å². The maximum atomic E-state index is 13.3. The lowest BCUT2D eigenvalue weighted by atomic mass is 10.0. The van der Waals surface area contributed by atoms with E-state index in [9.17, 15) is 37.5 Å². The molecule has 0 bridgehead atoms. The standard InChI is InChI=1S/C22H27ClF3N3O6/c1-11(2)18(28-19(33)13-5-3-6-14(17(13)23)22(24,25)26)21(35)29-8-4-7-15(29)20(34)27-12(10-30)9-16(31)32/h3,5-6,10-12,15,18,20,27,34H,4,7-9H2,1-2H3,(H,28,33)(H,31,32)/t12-,15-,18-,20?/m0/s1. The van der Waals surface area contributed by atoms with Crippen molar-refractivity contribution in [1.82, 2.24) is 15.5 Å². The Bertz CT molecular complexity index is 959. The van der Waals surface area contributed by atoms with Crippen molar-refractivity contribution in [3.8, 4) is 0 Å². The molecule has 0 aromatic heterocycles. The van der Waals surface area contributed by atoms with Crippen LogP contribution in [0.2, 0.25) is 5.02 Å². The van der Waals surface area contributed by atoms with Crippen molar-refractivity contribution < 1.29 is 42.6 Å². The van der Waals surface area contributed by atoms with Crippen LogP contribution in [0, 0.1) is 5.92 Å². The number of rotatable bonds is 10. The number of aliphatic hydroxyl groups is 1. The zero-order valence-electron chi connectivity index (χ0n) is 19.0. The van der Waals surface area contributed by atoms with Gasteiger partial charge in [0.05, 0.1) is 34.7 Å². The van der Waals surface area contributed by atoms with Crippen molar-refractivity contribution in [2.45, 2.75) is 63.6 Å². The van der Waals surface area contributed by atoms with Gasteiger partial charge in [-0.1, -0.05) is 31.5 Å². The molecule has 0 spiro atoms. The summed E-state index contributed by atoms with van der Waals surface area (Å²) in [6.45, 7) is 3.48. The number of carboxylic acid groups (broad SMARTS) is 1. The first-order valence-corrected chi connectivity index (χ1v) is 11.2. The molecule has 4 atom stereocenters. The number of alkyl halides is 3. The number of hydrogen-bond donors (Lipinski definition) is 4. The van der Waals surface area contributed by atoms with Crippen LogP contribution in [0.4, 0.5) is 13.2 Å². The van der Waals surface area contributed by atoms with Crippen molar-refractivity contribution in [3.05, 3.63) is 34.3 Å². The van der Waals surface area contributed by atoms with E-state index in [0.717, 1.165) is 18.2 Å². The van der Waals surface area contributed by atoms with Crippen molar-refractivity contribution in [2.24, 2.45) is 5.92 Å². The summed E-state index contributed by atoms with van der Waals surface area (Å²) in [5, 5.41) is 23.6. The van der Waals surface area contributed by atoms with Crippen LogP contribution in [0.15, 0.2) is 18.2 Å². The van der Waals surface area contributed by atoms with E-state index in [1.54, 1.807) is 13.8 Å². The molecule has 13 heteroatoms. The quantitative estimate of drug-likeness (QED) is 0.273. The number of benzene rings is 1. The molecule has 9 nitrogen and oxygen atoms in total. The lowest BCUT2D eigenvalue weighted by Crippen LogP contribution is -2.57. The van der Waals surface area contributed by atoms with Gasteiger partial charge in [-0.05, 0) is 30.9 Å². The Morgan fingerprint density at radius 3 is 2.49 bits per heavy atom. The molecule has 1 heterocycles. The van der Waals surface area contributed by atoms with Gasteiger partial charge >= 0.3 is 12.1 Å². The second-order valence-electron chi connectivity index (χ2n) is 8.55. The Hall–Kier alpha value is -2.70. The molecule has 1 aromatic carbocycles. The monoisotopic (exact) mass is 521 g/mol. The summed E-state index contributed by atoms with van der Waals surface area (Å²) in [7, 11) is 0. The highest BCUT2D eigenvalue weighted by Gasteiger charge is 2.40. The van der Waals surface area contributed by atoms with E-state index in [2.05, 4.69) is 10.6 Å². The number of hydrogen-bond acceptors (Lipinski definition) is 6. The number of nitrogens with one attached hydrogen (secondary N) is 2. The summed E-state index contributed by atoms with van der Waals surface area (Å²) >= 11 is 5.83. The van der Waals surface area contributed by atoms with E-state index < -0.39 is 76.8 Å². The number of amides is 2. The number of carbonyl (C=O) groups is 4. The van der Waals surface area contributed by atoms with Gasteiger partial charge in [0.2, 0.25) is 5.91 Å². The number of aldehydes is 1. The highest BCUT2D eigenvalue weighted by molar-refractivity contribution is 6.34. The summed E-state index contributed by atoms with van der Waals surface area (Å²) in [6, 6.07) is -0.248. The molecule has 1 saturated heterocycles. The fraction of sp³-hybridized carbons (Fsp3) is 0.545. The first-order valence-electron chi connectivity index (χ1n) is 10.9. The molecular formula is C22H27ClF3N3O6. The van der Waals surface area contributed by atoms with E-state index in [1.807, 2.05) is 0 Å². The minimum absolute atomic E-state index is 0.219. The molecule has 2 rings (SSSR count). The number of aliphatic hydroxyl groups excluding tert-OH is 1. The molecular weight excluding hydrogens is 495 g/mol. The van der Waals surface area contributed by atoms with Gasteiger partial charge in [0, 0.05) is 6.54 Å². The maximum Gasteiger partial charge on any atom is 0.417 e. The van der Waals surface area contributed by atoms with Gasteiger partial charge in [0.15, 0.2) is 0 Å². The lowest BCUT2D eigenvalue weighted by molar-refractivity contribution is -0.140. The maximum absolute atomic E-state index is 13.3. The zero-order chi connectivity index (χ0) is 26.5. The molecule has 4 N–H and O–H groups in total. The topological polar surface area (TPSA) is 136 Å². The van der Waals surface area contributed by atoms with Crippen LogP contribution in [0.1, 0.15) is 49.0 Å². The van der Waals surface area contributed by atoms with Gasteiger partial charge < -0.3 is 25.2 Å². The predicted octanol–water partition coefficient (Wildman–Crippen LogP) is 2.05. The van der Waals surface area contributed by atoms with Gasteiger partial charge in [0.1, 0.15) is 18.6 Å². The predicted molar refractivity (Wildman–Crippen MR) is 119 cm³/mol. The van der Waals surface area contributed by atoms with Crippen molar-refractivity contribution in [1.29, 1.82) is 0 Å². The summed E-state index contributed by atoms with van der Waals surface area (Å²) in [6.07, 6.45) is -5.57. The zero-order valence-corrected chi connectivity index (χ0v) is 19.8. The van der Waals surface area contributed by atoms with Crippen LogP contribution in [-0.2, 0) is 20.6 Å². The SMILES string of the molecule is CC(C)[C@H](NC(=O)c1cccc(C(F)(F)F)c1Cl)C(=O)N1CCC[C@H]1C(O)N[C@H](C=O)CC(=O)O. The molecule has 0 radical (unpaired) electrons. The third kappa shape index (κ3) is 7.15. The minimum atomic E-state index is -4.77. The van der Waals surface area contributed by atoms with Crippen LogP contribution in [0.3, 0.4) is 0 Å². The van der Waals surface area contributed by atoms with Gasteiger partial charge in [0.25, 0.3) is 5.91 Å². The van der Waals surface area contributed by atoms with Crippen LogP contribution in [0.5, 0.6) is 0 Å². The average molecular weight is 522 g/mol. The summed E-state index contributed by atoms with van der Waals surface area (Å²) in [4.78, 5) is 49.4. The lowest BCUT2D eigenvalue weighted by Gasteiger charge is -2.34. The molecule has 1 aromatic rings. The molecule has 35 heavy (non-hydrogen) atoms. The van der Waals surface area contributed by atoms with Crippen LogP contribution < -0.4 is 10.6 Å². The molecule has 1 unspecified atom stereocenters. The number of carboxylic acids is 1. The first-order chi connectivity index (χ1) is 16.3. The van der Waals surface area contributed by atoms with Crippen molar-refractivity contribution in [2.75, 3.05) is 6.54 Å². The molecule has 194 valence electrons. The van der Waals surface area contributed by atoms with Crippen LogP contribution >= 0.6 is 11.6 Å².